The molecule has 0 saturated carbocycles. The number of benzene rings is 1. The summed E-state index contributed by atoms with van der Waals surface area (Å²) in [7, 11) is 0. The minimum atomic E-state index is 0.828. The molecule has 22 heavy (non-hydrogen) atoms. The summed E-state index contributed by atoms with van der Waals surface area (Å²) in [5.41, 5.74) is 1.35. The molecule has 0 unspecified atom stereocenters. The van der Waals surface area contributed by atoms with Gasteiger partial charge in [0.1, 0.15) is 5.76 Å². The Balaban J connectivity index is 1.29. The quantitative estimate of drug-likeness (QED) is 0.796. The van der Waals surface area contributed by atoms with Crippen LogP contribution in [0, 0.1) is 0 Å². The van der Waals surface area contributed by atoms with E-state index >= 15 is 0 Å². The molecule has 1 N–H and O–H groups in total. The van der Waals surface area contributed by atoms with Gasteiger partial charge in [-0.1, -0.05) is 18.2 Å². The van der Waals surface area contributed by atoms with E-state index < -0.39 is 0 Å². The monoisotopic (exact) mass is 299 g/mol. The molecular weight excluding hydrogens is 274 g/mol. The number of nitrogens with one attached hydrogen (secondary N) is 1. The van der Waals surface area contributed by atoms with Crippen LogP contribution in [0.25, 0.3) is 0 Å². The molecule has 0 spiro atoms. The van der Waals surface area contributed by atoms with E-state index in [-0.39, 0.29) is 0 Å². The smallest absolute Gasteiger partial charge is 0.117 e. The number of rotatable bonds is 7. The zero-order chi connectivity index (χ0) is 15.0. The van der Waals surface area contributed by atoms with Crippen LogP contribution in [0.1, 0.15) is 12.2 Å². The van der Waals surface area contributed by atoms with Gasteiger partial charge in [0.05, 0.1) is 12.8 Å². The zero-order valence-electron chi connectivity index (χ0n) is 13.1. The molecule has 4 nitrogen and oxygen atoms in total. The van der Waals surface area contributed by atoms with Crippen molar-refractivity contribution in [3.05, 3.63) is 54.5 Å². The van der Waals surface area contributed by atoms with Crippen molar-refractivity contribution in [2.75, 3.05) is 44.2 Å². The molecule has 1 aromatic carbocycles. The van der Waals surface area contributed by atoms with Crippen molar-refractivity contribution in [3.8, 4) is 0 Å². The second-order valence-corrected chi connectivity index (χ2v) is 5.77. The van der Waals surface area contributed by atoms with E-state index in [1.165, 1.54) is 18.7 Å². The molecule has 0 aliphatic carbocycles. The third-order valence-electron chi connectivity index (χ3n) is 4.20. The Morgan fingerprint density at radius 1 is 0.955 bits per heavy atom. The Kier molecular flexibility index (Phi) is 5.51. The maximum Gasteiger partial charge on any atom is 0.117 e. The van der Waals surface area contributed by atoms with Gasteiger partial charge in [0.2, 0.25) is 0 Å². The molecule has 1 aliphatic rings. The van der Waals surface area contributed by atoms with Crippen LogP contribution in [-0.2, 0) is 6.54 Å². The molecule has 0 amide bonds. The molecular formula is C18H25N3O. The fraction of sp³-hybridized carbons (Fsp3) is 0.444. The molecule has 1 aliphatic heterocycles. The third-order valence-corrected chi connectivity index (χ3v) is 4.20. The second kappa shape index (κ2) is 8.01. The lowest BCUT2D eigenvalue weighted by Crippen LogP contribution is -2.46. The van der Waals surface area contributed by atoms with E-state index in [1.807, 2.05) is 12.1 Å². The number of hydrogen-bond donors (Lipinski definition) is 1. The lowest BCUT2D eigenvalue weighted by atomic mass is 10.2. The van der Waals surface area contributed by atoms with Crippen molar-refractivity contribution in [1.82, 2.24) is 10.2 Å². The van der Waals surface area contributed by atoms with Gasteiger partial charge in [-0.3, -0.25) is 4.90 Å². The SMILES string of the molecule is c1ccc(N2CCN(CCCNCc3ccco3)CC2)cc1. The van der Waals surface area contributed by atoms with Crippen LogP contribution in [0.4, 0.5) is 5.69 Å². The second-order valence-electron chi connectivity index (χ2n) is 5.77. The van der Waals surface area contributed by atoms with E-state index in [2.05, 4.69) is 45.4 Å². The highest BCUT2D eigenvalue weighted by molar-refractivity contribution is 5.46. The molecule has 118 valence electrons. The van der Waals surface area contributed by atoms with Gasteiger partial charge in [-0.2, -0.15) is 0 Å². The van der Waals surface area contributed by atoms with Crippen LogP contribution >= 0.6 is 0 Å². The summed E-state index contributed by atoms with van der Waals surface area (Å²) in [6.45, 7) is 7.62. The maximum absolute atomic E-state index is 5.31. The van der Waals surface area contributed by atoms with Crippen molar-refractivity contribution >= 4 is 5.69 Å². The first kappa shape index (κ1) is 15.1. The summed E-state index contributed by atoms with van der Waals surface area (Å²) < 4.78 is 5.31. The lowest BCUT2D eigenvalue weighted by molar-refractivity contribution is 0.253. The van der Waals surface area contributed by atoms with E-state index in [9.17, 15) is 0 Å². The first-order chi connectivity index (χ1) is 10.9. The van der Waals surface area contributed by atoms with Gasteiger partial charge < -0.3 is 14.6 Å². The number of anilines is 1. The van der Waals surface area contributed by atoms with Gasteiger partial charge in [0.15, 0.2) is 0 Å². The van der Waals surface area contributed by atoms with Gasteiger partial charge in [0.25, 0.3) is 0 Å². The average molecular weight is 299 g/mol. The average Bonchev–Trinajstić information content (AvgIpc) is 3.09. The summed E-state index contributed by atoms with van der Waals surface area (Å²) in [5, 5.41) is 3.43. The Labute approximate surface area is 132 Å². The van der Waals surface area contributed by atoms with Gasteiger partial charge in [-0.25, -0.2) is 0 Å². The van der Waals surface area contributed by atoms with E-state index in [1.54, 1.807) is 6.26 Å². The first-order valence-electron chi connectivity index (χ1n) is 8.17. The standard InChI is InChI=1S/C18H25N3O/c1-2-6-17(7-3-1)21-13-11-20(12-14-21)10-5-9-19-16-18-8-4-15-22-18/h1-4,6-8,15,19H,5,9-14,16H2. The molecule has 0 bridgehead atoms. The summed E-state index contributed by atoms with van der Waals surface area (Å²) in [5.74, 6) is 1.01. The Bertz CT molecular complexity index is 519. The van der Waals surface area contributed by atoms with E-state index in [4.69, 9.17) is 4.42 Å². The Morgan fingerprint density at radius 3 is 2.50 bits per heavy atom. The topological polar surface area (TPSA) is 31.6 Å². The van der Waals surface area contributed by atoms with Crippen molar-refractivity contribution in [2.45, 2.75) is 13.0 Å². The molecule has 1 fully saturated rings. The van der Waals surface area contributed by atoms with E-state index in [0.717, 1.165) is 45.0 Å². The van der Waals surface area contributed by atoms with Gasteiger partial charge in [0, 0.05) is 31.9 Å². The van der Waals surface area contributed by atoms with Gasteiger partial charge >= 0.3 is 0 Å². The molecule has 2 heterocycles. The number of hydrogen-bond acceptors (Lipinski definition) is 4. The van der Waals surface area contributed by atoms with Crippen LogP contribution in [0.3, 0.4) is 0 Å². The largest absolute Gasteiger partial charge is 0.468 e. The van der Waals surface area contributed by atoms with Crippen molar-refractivity contribution < 1.29 is 4.42 Å². The number of furan rings is 1. The Morgan fingerprint density at radius 2 is 1.77 bits per heavy atom. The molecule has 0 radical (unpaired) electrons. The maximum atomic E-state index is 5.31. The normalized spacial score (nSPS) is 16.1. The predicted octanol–water partition coefficient (Wildman–Crippen LogP) is 2.58. The van der Waals surface area contributed by atoms with E-state index in [0.29, 0.717) is 0 Å². The van der Waals surface area contributed by atoms with Crippen LogP contribution in [0.2, 0.25) is 0 Å². The molecule has 0 atom stereocenters. The van der Waals surface area contributed by atoms with Crippen LogP contribution in [0.5, 0.6) is 0 Å². The summed E-state index contributed by atoms with van der Waals surface area (Å²) >= 11 is 0. The molecule has 2 aromatic rings. The van der Waals surface area contributed by atoms with Crippen LogP contribution in [0.15, 0.2) is 53.1 Å². The molecule has 4 heteroatoms. The van der Waals surface area contributed by atoms with Gasteiger partial charge in [-0.05, 0) is 43.8 Å². The fourth-order valence-corrected chi connectivity index (χ4v) is 2.92. The highest BCUT2D eigenvalue weighted by atomic mass is 16.3. The predicted molar refractivity (Wildman–Crippen MR) is 90.1 cm³/mol. The summed E-state index contributed by atoms with van der Waals surface area (Å²) in [6, 6.07) is 14.7. The van der Waals surface area contributed by atoms with Crippen LogP contribution in [-0.4, -0.2) is 44.2 Å². The summed E-state index contributed by atoms with van der Waals surface area (Å²) in [4.78, 5) is 5.04. The van der Waals surface area contributed by atoms with Crippen LogP contribution < -0.4 is 10.2 Å². The first-order valence-corrected chi connectivity index (χ1v) is 8.17. The highest BCUT2D eigenvalue weighted by Gasteiger charge is 2.16. The molecule has 1 aromatic heterocycles. The number of para-hydroxylation sites is 1. The van der Waals surface area contributed by atoms with Gasteiger partial charge in [-0.15, -0.1) is 0 Å². The van der Waals surface area contributed by atoms with Crippen molar-refractivity contribution in [1.29, 1.82) is 0 Å². The van der Waals surface area contributed by atoms with Crippen molar-refractivity contribution in [3.63, 3.8) is 0 Å². The number of nitrogens with zero attached hydrogens (tertiary/aromatic N) is 2. The molecule has 1 saturated heterocycles. The summed E-state index contributed by atoms with van der Waals surface area (Å²) in [6.07, 6.45) is 2.91. The zero-order valence-corrected chi connectivity index (χ0v) is 13.1. The number of piperazine rings is 1. The molecule has 3 rings (SSSR count). The fourth-order valence-electron chi connectivity index (χ4n) is 2.92. The lowest BCUT2D eigenvalue weighted by Gasteiger charge is -2.36. The minimum Gasteiger partial charge on any atom is -0.468 e. The third kappa shape index (κ3) is 4.36. The highest BCUT2D eigenvalue weighted by Crippen LogP contribution is 2.15. The van der Waals surface area contributed by atoms with Crippen molar-refractivity contribution in [2.24, 2.45) is 0 Å². The minimum absolute atomic E-state index is 0.828. The Hall–Kier alpha value is -1.78.